The summed E-state index contributed by atoms with van der Waals surface area (Å²) >= 11 is 5.94. The van der Waals surface area contributed by atoms with Crippen molar-refractivity contribution >= 4 is 18.1 Å². The number of ether oxygens (including phenoxy) is 1. The van der Waals surface area contributed by atoms with Crippen molar-refractivity contribution in [3.05, 3.63) is 34.9 Å². The van der Waals surface area contributed by atoms with E-state index in [1.807, 2.05) is 25.1 Å². The van der Waals surface area contributed by atoms with Crippen molar-refractivity contribution in [2.75, 3.05) is 0 Å². The smallest absolute Gasteiger partial charge is 0.293 e. The van der Waals surface area contributed by atoms with Gasteiger partial charge in [-0.3, -0.25) is 4.79 Å². The zero-order valence-electron chi connectivity index (χ0n) is 7.37. The Balaban J connectivity index is 2.90. The molecule has 1 aromatic carbocycles. The fraction of sp³-hybridized carbons (Fsp3) is 0.300. The molecule has 1 atom stereocenters. The van der Waals surface area contributed by atoms with Crippen molar-refractivity contribution < 1.29 is 9.53 Å². The maximum atomic E-state index is 10.2. The average molecular weight is 199 g/mol. The molecule has 0 spiro atoms. The molecule has 0 fully saturated rings. The van der Waals surface area contributed by atoms with E-state index in [0.29, 0.717) is 11.5 Å². The molecule has 0 radical (unpaired) electrons. The van der Waals surface area contributed by atoms with E-state index in [2.05, 4.69) is 0 Å². The van der Waals surface area contributed by atoms with Gasteiger partial charge in [-0.1, -0.05) is 36.7 Å². The lowest BCUT2D eigenvalue weighted by molar-refractivity contribution is -0.134. The summed E-state index contributed by atoms with van der Waals surface area (Å²) in [5.41, 5.74) is 0.860. The minimum atomic E-state index is -0.230. The first-order chi connectivity index (χ1) is 6.29. The molecule has 13 heavy (non-hydrogen) atoms. The molecule has 1 unspecified atom stereocenters. The zero-order chi connectivity index (χ0) is 9.68. The van der Waals surface area contributed by atoms with Crippen molar-refractivity contribution in [1.29, 1.82) is 0 Å². The fourth-order valence-corrected chi connectivity index (χ4v) is 1.45. The Morgan fingerprint density at radius 2 is 2.23 bits per heavy atom. The highest BCUT2D eigenvalue weighted by Gasteiger charge is 2.12. The van der Waals surface area contributed by atoms with Crippen molar-refractivity contribution in [3.8, 4) is 0 Å². The van der Waals surface area contributed by atoms with E-state index in [0.717, 1.165) is 12.0 Å². The summed E-state index contributed by atoms with van der Waals surface area (Å²) in [6.45, 7) is 2.40. The molecule has 1 aromatic rings. The molecule has 3 heteroatoms. The van der Waals surface area contributed by atoms with Crippen LogP contribution in [0.5, 0.6) is 0 Å². The van der Waals surface area contributed by atoms with E-state index in [1.165, 1.54) is 0 Å². The first kappa shape index (κ1) is 10.1. The highest BCUT2D eigenvalue weighted by Crippen LogP contribution is 2.26. The third kappa shape index (κ3) is 2.46. The van der Waals surface area contributed by atoms with Gasteiger partial charge < -0.3 is 4.74 Å². The van der Waals surface area contributed by atoms with Crippen LogP contribution in [0, 0.1) is 0 Å². The van der Waals surface area contributed by atoms with Gasteiger partial charge in [0.1, 0.15) is 6.10 Å². The van der Waals surface area contributed by atoms with Gasteiger partial charge in [-0.15, -0.1) is 0 Å². The zero-order valence-corrected chi connectivity index (χ0v) is 8.12. The van der Waals surface area contributed by atoms with Gasteiger partial charge in [0.25, 0.3) is 6.47 Å². The van der Waals surface area contributed by atoms with Gasteiger partial charge in [-0.05, 0) is 12.5 Å². The van der Waals surface area contributed by atoms with Crippen LogP contribution >= 0.6 is 11.6 Å². The molecule has 0 N–H and O–H groups in total. The second-order valence-corrected chi connectivity index (χ2v) is 3.06. The summed E-state index contributed by atoms with van der Waals surface area (Å²) in [6.07, 6.45) is 0.494. The lowest BCUT2D eigenvalue weighted by atomic mass is 10.1. The Morgan fingerprint density at radius 3 is 2.77 bits per heavy atom. The predicted molar refractivity (Wildman–Crippen MR) is 51.6 cm³/mol. The van der Waals surface area contributed by atoms with Crippen LogP contribution in [0.3, 0.4) is 0 Å². The normalized spacial score (nSPS) is 12.2. The molecule has 70 valence electrons. The molecule has 0 aliphatic rings. The van der Waals surface area contributed by atoms with Crippen LogP contribution in [-0.2, 0) is 9.53 Å². The van der Waals surface area contributed by atoms with Crippen LogP contribution < -0.4 is 0 Å². The third-order valence-corrected chi connectivity index (χ3v) is 2.19. The number of rotatable bonds is 4. The Bertz CT molecular complexity index is 286. The van der Waals surface area contributed by atoms with E-state index < -0.39 is 0 Å². The molecule has 0 aliphatic heterocycles. The first-order valence-electron chi connectivity index (χ1n) is 4.13. The molecule has 0 saturated heterocycles. The van der Waals surface area contributed by atoms with E-state index in [-0.39, 0.29) is 6.10 Å². The standard InChI is InChI=1S/C10H11ClO2/c1-2-10(13-7-12)8-5-3-4-6-9(8)11/h3-7,10H,2H2,1H3. The maximum absolute atomic E-state index is 10.2. The number of hydrogen-bond donors (Lipinski definition) is 0. The average Bonchev–Trinajstić information content (AvgIpc) is 2.16. The minimum Gasteiger partial charge on any atom is -0.460 e. The summed E-state index contributed by atoms with van der Waals surface area (Å²) in [7, 11) is 0. The van der Waals surface area contributed by atoms with Crippen LogP contribution in [-0.4, -0.2) is 6.47 Å². The van der Waals surface area contributed by atoms with Crippen molar-refractivity contribution in [1.82, 2.24) is 0 Å². The fourth-order valence-electron chi connectivity index (χ4n) is 1.19. The lowest BCUT2D eigenvalue weighted by Gasteiger charge is -2.14. The van der Waals surface area contributed by atoms with Gasteiger partial charge in [-0.25, -0.2) is 0 Å². The van der Waals surface area contributed by atoms with Gasteiger partial charge >= 0.3 is 0 Å². The van der Waals surface area contributed by atoms with Crippen molar-refractivity contribution in [2.45, 2.75) is 19.4 Å². The van der Waals surface area contributed by atoms with E-state index in [4.69, 9.17) is 16.3 Å². The van der Waals surface area contributed by atoms with Gasteiger partial charge in [0, 0.05) is 10.6 Å². The predicted octanol–water partition coefficient (Wildman–Crippen LogP) is 2.96. The topological polar surface area (TPSA) is 26.3 Å². The van der Waals surface area contributed by atoms with Gasteiger partial charge in [0.05, 0.1) is 0 Å². The molecule has 0 aliphatic carbocycles. The van der Waals surface area contributed by atoms with E-state index >= 15 is 0 Å². The van der Waals surface area contributed by atoms with Crippen LogP contribution in [0.15, 0.2) is 24.3 Å². The molecule has 2 nitrogen and oxygen atoms in total. The second-order valence-electron chi connectivity index (χ2n) is 2.65. The van der Waals surface area contributed by atoms with Crippen LogP contribution in [0.1, 0.15) is 25.0 Å². The quantitative estimate of drug-likeness (QED) is 0.696. The Kier molecular flexibility index (Phi) is 3.77. The van der Waals surface area contributed by atoms with Crippen LogP contribution in [0.2, 0.25) is 5.02 Å². The number of benzene rings is 1. The third-order valence-electron chi connectivity index (χ3n) is 1.84. The molecule has 0 amide bonds. The van der Waals surface area contributed by atoms with Crippen LogP contribution in [0.25, 0.3) is 0 Å². The highest BCUT2D eigenvalue weighted by molar-refractivity contribution is 6.31. The second kappa shape index (κ2) is 4.87. The number of halogens is 1. The van der Waals surface area contributed by atoms with Gasteiger partial charge in [-0.2, -0.15) is 0 Å². The number of carbonyl (C=O) groups is 1. The van der Waals surface area contributed by atoms with Crippen molar-refractivity contribution in [2.24, 2.45) is 0 Å². The molecule has 0 heterocycles. The molecule has 0 bridgehead atoms. The maximum Gasteiger partial charge on any atom is 0.293 e. The lowest BCUT2D eigenvalue weighted by Crippen LogP contribution is -2.02. The highest BCUT2D eigenvalue weighted by atomic mass is 35.5. The summed E-state index contributed by atoms with van der Waals surface area (Å²) in [6, 6.07) is 7.37. The number of carbonyl (C=O) groups excluding carboxylic acids is 1. The molecular formula is C10H11ClO2. The van der Waals surface area contributed by atoms with Gasteiger partial charge in [0.2, 0.25) is 0 Å². The Hall–Kier alpha value is -1.02. The summed E-state index contributed by atoms with van der Waals surface area (Å²) in [5, 5.41) is 0.635. The first-order valence-corrected chi connectivity index (χ1v) is 4.51. The molecule has 0 saturated carbocycles. The molecule has 1 rings (SSSR count). The van der Waals surface area contributed by atoms with Gasteiger partial charge in [0.15, 0.2) is 0 Å². The SMILES string of the molecule is CCC(OC=O)c1ccccc1Cl. The molecule has 0 aromatic heterocycles. The van der Waals surface area contributed by atoms with E-state index in [9.17, 15) is 4.79 Å². The Morgan fingerprint density at radius 1 is 1.54 bits per heavy atom. The monoisotopic (exact) mass is 198 g/mol. The molecular weight excluding hydrogens is 188 g/mol. The largest absolute Gasteiger partial charge is 0.460 e. The van der Waals surface area contributed by atoms with E-state index in [1.54, 1.807) is 6.07 Å². The number of hydrogen-bond acceptors (Lipinski definition) is 2. The summed E-state index contributed by atoms with van der Waals surface area (Å²) in [5.74, 6) is 0. The summed E-state index contributed by atoms with van der Waals surface area (Å²) < 4.78 is 4.89. The Labute approximate surface area is 82.5 Å². The van der Waals surface area contributed by atoms with Crippen molar-refractivity contribution in [3.63, 3.8) is 0 Å². The minimum absolute atomic E-state index is 0.230. The van der Waals surface area contributed by atoms with Crippen LogP contribution in [0.4, 0.5) is 0 Å². The summed E-state index contributed by atoms with van der Waals surface area (Å²) in [4.78, 5) is 10.2.